The summed E-state index contributed by atoms with van der Waals surface area (Å²) in [4.78, 5) is 15.4. The van der Waals surface area contributed by atoms with Crippen LogP contribution in [0, 0.1) is 13.8 Å². The van der Waals surface area contributed by atoms with Crippen LogP contribution in [-0.2, 0) is 11.3 Å². The average molecular weight is 389 g/mol. The third-order valence-electron chi connectivity index (χ3n) is 5.02. The molecule has 0 aliphatic carbocycles. The molecule has 1 unspecified atom stereocenters. The molecule has 0 spiro atoms. The molecular formula is C25H28N2O2. The number of carbonyl (C=O) groups is 1. The predicted molar refractivity (Wildman–Crippen MR) is 118 cm³/mol. The Morgan fingerprint density at radius 1 is 1.00 bits per heavy atom. The van der Waals surface area contributed by atoms with Crippen LogP contribution in [0.3, 0.4) is 0 Å². The van der Waals surface area contributed by atoms with Crippen LogP contribution in [0.2, 0.25) is 0 Å². The van der Waals surface area contributed by atoms with Crippen LogP contribution in [0.25, 0.3) is 0 Å². The lowest BCUT2D eigenvalue weighted by Crippen LogP contribution is -2.34. The monoisotopic (exact) mass is 388 g/mol. The number of rotatable bonds is 7. The van der Waals surface area contributed by atoms with Crippen LogP contribution in [0.1, 0.15) is 28.3 Å². The number of methoxy groups -OCH3 is 1. The zero-order chi connectivity index (χ0) is 20.8. The van der Waals surface area contributed by atoms with E-state index < -0.39 is 6.04 Å². The molecule has 0 radical (unpaired) electrons. The highest BCUT2D eigenvalue weighted by Crippen LogP contribution is 2.26. The van der Waals surface area contributed by atoms with Crippen LogP contribution >= 0.6 is 0 Å². The number of anilines is 1. The van der Waals surface area contributed by atoms with Crippen LogP contribution in [0.4, 0.5) is 5.69 Å². The number of ether oxygens (including phenoxy) is 1. The van der Waals surface area contributed by atoms with Gasteiger partial charge in [-0.05, 0) is 61.3 Å². The Bertz CT molecular complexity index is 970. The molecule has 150 valence electrons. The summed E-state index contributed by atoms with van der Waals surface area (Å²) in [6, 6.07) is 23.5. The molecule has 0 bridgehead atoms. The van der Waals surface area contributed by atoms with Gasteiger partial charge < -0.3 is 10.1 Å². The van der Waals surface area contributed by atoms with Crippen molar-refractivity contribution >= 4 is 11.6 Å². The molecule has 0 saturated carbocycles. The molecule has 3 aromatic carbocycles. The molecule has 0 fully saturated rings. The first-order valence-electron chi connectivity index (χ1n) is 9.74. The molecule has 4 nitrogen and oxygen atoms in total. The lowest BCUT2D eigenvalue weighted by molar-refractivity contribution is -0.121. The van der Waals surface area contributed by atoms with Crippen LogP contribution < -0.4 is 10.1 Å². The standard InChI is InChI=1S/C25H28N2O2/c1-18-13-14-19(2)23(15-18)26-25(28)24(21-10-6-5-7-11-21)27(3)17-20-9-8-12-22(16-20)29-4/h5-16,24H,17H2,1-4H3,(H,26,28). The molecule has 1 N–H and O–H groups in total. The number of likely N-dealkylation sites (N-methyl/N-ethyl adjacent to an activating group) is 1. The minimum atomic E-state index is -0.415. The quantitative estimate of drug-likeness (QED) is 0.610. The Balaban J connectivity index is 1.87. The predicted octanol–water partition coefficient (Wildman–Crippen LogP) is 5.12. The Morgan fingerprint density at radius 3 is 2.48 bits per heavy atom. The van der Waals surface area contributed by atoms with Gasteiger partial charge in [-0.25, -0.2) is 0 Å². The molecule has 0 saturated heterocycles. The van der Waals surface area contributed by atoms with E-state index in [0.717, 1.165) is 33.7 Å². The summed E-state index contributed by atoms with van der Waals surface area (Å²) in [5.41, 5.74) is 5.07. The normalized spacial score (nSPS) is 11.9. The number of benzene rings is 3. The van der Waals surface area contributed by atoms with Crippen molar-refractivity contribution in [2.75, 3.05) is 19.5 Å². The first-order valence-corrected chi connectivity index (χ1v) is 9.74. The van der Waals surface area contributed by atoms with Crippen molar-refractivity contribution in [2.24, 2.45) is 0 Å². The fraction of sp³-hybridized carbons (Fsp3) is 0.240. The van der Waals surface area contributed by atoms with Gasteiger partial charge in [0, 0.05) is 12.2 Å². The first-order chi connectivity index (χ1) is 14.0. The highest BCUT2D eigenvalue weighted by Gasteiger charge is 2.25. The Hall–Kier alpha value is -3.11. The van der Waals surface area contributed by atoms with E-state index in [4.69, 9.17) is 4.74 Å². The fourth-order valence-electron chi connectivity index (χ4n) is 3.46. The maximum Gasteiger partial charge on any atom is 0.246 e. The summed E-state index contributed by atoms with van der Waals surface area (Å²) < 4.78 is 5.33. The molecule has 1 atom stereocenters. The van der Waals surface area contributed by atoms with Gasteiger partial charge in [0.2, 0.25) is 5.91 Å². The van der Waals surface area contributed by atoms with E-state index in [0.29, 0.717) is 6.54 Å². The maximum absolute atomic E-state index is 13.4. The molecule has 3 aromatic rings. The number of aryl methyl sites for hydroxylation is 2. The van der Waals surface area contributed by atoms with E-state index in [1.165, 1.54) is 0 Å². The molecule has 0 aliphatic rings. The number of hydrogen-bond donors (Lipinski definition) is 1. The number of amides is 1. The minimum absolute atomic E-state index is 0.0460. The van der Waals surface area contributed by atoms with Crippen molar-refractivity contribution in [1.29, 1.82) is 0 Å². The van der Waals surface area contributed by atoms with Gasteiger partial charge in [0.25, 0.3) is 0 Å². The van der Waals surface area contributed by atoms with E-state index >= 15 is 0 Å². The molecular weight excluding hydrogens is 360 g/mol. The lowest BCUT2D eigenvalue weighted by atomic mass is 10.0. The molecule has 4 heteroatoms. The fourth-order valence-corrected chi connectivity index (χ4v) is 3.46. The minimum Gasteiger partial charge on any atom is -0.497 e. The molecule has 29 heavy (non-hydrogen) atoms. The maximum atomic E-state index is 13.4. The van der Waals surface area contributed by atoms with Crippen LogP contribution in [-0.4, -0.2) is 25.0 Å². The smallest absolute Gasteiger partial charge is 0.246 e. The first kappa shape index (κ1) is 20.6. The molecule has 3 rings (SSSR count). The van der Waals surface area contributed by atoms with E-state index in [1.807, 2.05) is 87.6 Å². The lowest BCUT2D eigenvalue weighted by Gasteiger charge is -2.28. The second kappa shape index (κ2) is 9.39. The Morgan fingerprint density at radius 2 is 1.76 bits per heavy atom. The summed E-state index contributed by atoms with van der Waals surface area (Å²) in [7, 11) is 3.63. The van der Waals surface area contributed by atoms with Crippen molar-refractivity contribution in [2.45, 2.75) is 26.4 Å². The topological polar surface area (TPSA) is 41.6 Å². The van der Waals surface area contributed by atoms with Crippen molar-refractivity contribution in [3.8, 4) is 5.75 Å². The van der Waals surface area contributed by atoms with Gasteiger partial charge in [-0.2, -0.15) is 0 Å². The number of hydrogen-bond acceptors (Lipinski definition) is 3. The summed E-state index contributed by atoms with van der Waals surface area (Å²) in [6.07, 6.45) is 0. The van der Waals surface area contributed by atoms with E-state index in [2.05, 4.69) is 16.3 Å². The highest BCUT2D eigenvalue weighted by molar-refractivity contribution is 5.96. The van der Waals surface area contributed by atoms with Gasteiger partial charge in [-0.3, -0.25) is 9.69 Å². The summed E-state index contributed by atoms with van der Waals surface area (Å²) >= 11 is 0. The van der Waals surface area contributed by atoms with Gasteiger partial charge in [0.05, 0.1) is 7.11 Å². The SMILES string of the molecule is COc1cccc(CN(C)C(C(=O)Nc2cc(C)ccc2C)c2ccccc2)c1. The van der Waals surface area contributed by atoms with Gasteiger partial charge >= 0.3 is 0 Å². The Kier molecular flexibility index (Phi) is 6.68. The molecule has 1 amide bonds. The number of carbonyl (C=O) groups excluding carboxylic acids is 1. The van der Waals surface area contributed by atoms with E-state index in [-0.39, 0.29) is 5.91 Å². The third-order valence-corrected chi connectivity index (χ3v) is 5.02. The van der Waals surface area contributed by atoms with Crippen LogP contribution in [0.5, 0.6) is 5.75 Å². The van der Waals surface area contributed by atoms with Crippen molar-refractivity contribution < 1.29 is 9.53 Å². The highest BCUT2D eigenvalue weighted by atomic mass is 16.5. The average Bonchev–Trinajstić information content (AvgIpc) is 2.72. The second-order valence-electron chi connectivity index (χ2n) is 7.39. The van der Waals surface area contributed by atoms with Crippen molar-refractivity contribution in [1.82, 2.24) is 4.90 Å². The molecule has 0 aliphatic heterocycles. The molecule has 0 heterocycles. The second-order valence-corrected chi connectivity index (χ2v) is 7.39. The van der Waals surface area contributed by atoms with E-state index in [1.54, 1.807) is 7.11 Å². The summed E-state index contributed by atoms with van der Waals surface area (Å²) in [6.45, 7) is 4.65. The number of nitrogens with one attached hydrogen (secondary N) is 1. The summed E-state index contributed by atoms with van der Waals surface area (Å²) in [5, 5.41) is 3.13. The van der Waals surface area contributed by atoms with Gasteiger partial charge in [0.1, 0.15) is 11.8 Å². The van der Waals surface area contributed by atoms with Gasteiger partial charge in [0.15, 0.2) is 0 Å². The Labute approximate surface area is 173 Å². The van der Waals surface area contributed by atoms with Gasteiger partial charge in [-0.15, -0.1) is 0 Å². The summed E-state index contributed by atoms with van der Waals surface area (Å²) in [5.74, 6) is 0.766. The zero-order valence-corrected chi connectivity index (χ0v) is 17.5. The third kappa shape index (κ3) is 5.24. The largest absolute Gasteiger partial charge is 0.497 e. The zero-order valence-electron chi connectivity index (χ0n) is 17.5. The van der Waals surface area contributed by atoms with E-state index in [9.17, 15) is 4.79 Å². The van der Waals surface area contributed by atoms with Crippen molar-refractivity contribution in [3.63, 3.8) is 0 Å². The van der Waals surface area contributed by atoms with Gasteiger partial charge in [-0.1, -0.05) is 54.6 Å². The number of nitrogens with zero attached hydrogens (tertiary/aromatic N) is 1. The van der Waals surface area contributed by atoms with Crippen molar-refractivity contribution in [3.05, 3.63) is 95.1 Å². The van der Waals surface area contributed by atoms with Crippen LogP contribution in [0.15, 0.2) is 72.8 Å². The molecule has 0 aromatic heterocycles.